The molecule has 2 aliphatic rings. The van der Waals surface area contributed by atoms with Gasteiger partial charge in [-0.3, -0.25) is 5.10 Å². The molecule has 0 spiro atoms. The standard InChI is InChI=1S/C14H24N4O2S/c1-9(2)15-7-13-10(3)16-17-14(13)21(19,20)18-8-11-4-5-12(18)6-11/h9,11-12,15H,4-8H2,1-3H3,(H,16,17). The van der Waals surface area contributed by atoms with E-state index in [1.54, 1.807) is 4.31 Å². The number of nitrogens with zero attached hydrogens (tertiary/aromatic N) is 2. The average molecular weight is 312 g/mol. The Kier molecular flexibility index (Phi) is 3.83. The maximum absolute atomic E-state index is 12.9. The molecular weight excluding hydrogens is 288 g/mol. The highest BCUT2D eigenvalue weighted by atomic mass is 32.2. The van der Waals surface area contributed by atoms with Gasteiger partial charge in [0.25, 0.3) is 10.0 Å². The lowest BCUT2D eigenvalue weighted by molar-refractivity contribution is 0.332. The maximum Gasteiger partial charge on any atom is 0.262 e. The van der Waals surface area contributed by atoms with Crippen molar-refractivity contribution in [3.05, 3.63) is 11.3 Å². The number of nitrogens with one attached hydrogen (secondary N) is 2. The molecule has 2 bridgehead atoms. The van der Waals surface area contributed by atoms with Crippen molar-refractivity contribution in [2.75, 3.05) is 6.54 Å². The molecule has 1 aromatic heterocycles. The van der Waals surface area contributed by atoms with Gasteiger partial charge in [-0.15, -0.1) is 0 Å². The van der Waals surface area contributed by atoms with E-state index >= 15 is 0 Å². The number of hydrogen-bond donors (Lipinski definition) is 2. The minimum Gasteiger partial charge on any atom is -0.310 e. The zero-order chi connectivity index (χ0) is 15.2. The van der Waals surface area contributed by atoms with Crippen LogP contribution in [0.25, 0.3) is 0 Å². The predicted molar refractivity (Wildman–Crippen MR) is 80.3 cm³/mol. The van der Waals surface area contributed by atoms with Gasteiger partial charge in [-0.2, -0.15) is 9.40 Å². The molecule has 2 N–H and O–H groups in total. The van der Waals surface area contributed by atoms with Crippen LogP contribution in [-0.2, 0) is 16.6 Å². The Morgan fingerprint density at radius 1 is 1.43 bits per heavy atom. The van der Waals surface area contributed by atoms with Crippen molar-refractivity contribution in [1.82, 2.24) is 19.8 Å². The van der Waals surface area contributed by atoms with Gasteiger partial charge in [0.1, 0.15) is 0 Å². The second-order valence-corrected chi connectivity index (χ2v) is 8.38. The van der Waals surface area contributed by atoms with E-state index < -0.39 is 10.0 Å². The van der Waals surface area contributed by atoms with Crippen molar-refractivity contribution < 1.29 is 8.42 Å². The van der Waals surface area contributed by atoms with Crippen LogP contribution in [0.4, 0.5) is 0 Å². The first-order valence-corrected chi connectivity index (χ1v) is 9.12. The molecule has 1 saturated heterocycles. The summed E-state index contributed by atoms with van der Waals surface area (Å²) in [5.74, 6) is 0.544. The summed E-state index contributed by atoms with van der Waals surface area (Å²) in [6.07, 6.45) is 3.17. The molecule has 1 aromatic rings. The molecule has 21 heavy (non-hydrogen) atoms. The first kappa shape index (κ1) is 15.0. The number of sulfonamides is 1. The number of rotatable bonds is 5. The van der Waals surface area contributed by atoms with Crippen molar-refractivity contribution >= 4 is 10.0 Å². The minimum absolute atomic E-state index is 0.183. The van der Waals surface area contributed by atoms with E-state index in [4.69, 9.17) is 0 Å². The van der Waals surface area contributed by atoms with Gasteiger partial charge in [0.05, 0.1) is 0 Å². The number of hydrogen-bond acceptors (Lipinski definition) is 4. The lowest BCUT2D eigenvalue weighted by Gasteiger charge is -2.25. The van der Waals surface area contributed by atoms with Gasteiger partial charge in [-0.25, -0.2) is 8.42 Å². The number of aromatic amines is 1. The predicted octanol–water partition coefficient (Wildman–Crippen LogP) is 1.39. The molecule has 6 nitrogen and oxygen atoms in total. The van der Waals surface area contributed by atoms with Crippen LogP contribution in [0, 0.1) is 12.8 Å². The largest absolute Gasteiger partial charge is 0.310 e. The zero-order valence-corrected chi connectivity index (χ0v) is 13.7. The van der Waals surface area contributed by atoms with E-state index in [0.717, 1.165) is 30.5 Å². The summed E-state index contributed by atoms with van der Waals surface area (Å²) in [4.78, 5) is 0. The monoisotopic (exact) mass is 312 g/mol. The Labute approximate surface area is 126 Å². The third-order valence-electron chi connectivity index (χ3n) is 4.64. The van der Waals surface area contributed by atoms with Crippen LogP contribution in [0.15, 0.2) is 5.03 Å². The van der Waals surface area contributed by atoms with Crippen LogP contribution in [0.2, 0.25) is 0 Å². The van der Waals surface area contributed by atoms with Crippen molar-refractivity contribution in [3.63, 3.8) is 0 Å². The Morgan fingerprint density at radius 3 is 2.76 bits per heavy atom. The van der Waals surface area contributed by atoms with E-state index in [0.29, 0.717) is 25.0 Å². The number of piperidine rings is 1. The lowest BCUT2D eigenvalue weighted by atomic mass is 10.1. The summed E-state index contributed by atoms with van der Waals surface area (Å²) < 4.78 is 27.5. The van der Waals surface area contributed by atoms with Gasteiger partial charge in [-0.1, -0.05) is 13.8 Å². The third kappa shape index (κ3) is 2.62. The SMILES string of the molecule is Cc1[nH]nc(S(=O)(=O)N2CC3CCC2C3)c1CNC(C)C. The van der Waals surface area contributed by atoms with Crippen LogP contribution in [0.1, 0.15) is 44.4 Å². The fourth-order valence-electron chi connectivity index (χ4n) is 3.44. The van der Waals surface area contributed by atoms with Crippen molar-refractivity contribution in [2.24, 2.45) is 5.92 Å². The van der Waals surface area contributed by atoms with E-state index in [1.807, 2.05) is 20.8 Å². The number of aryl methyl sites for hydroxylation is 1. The van der Waals surface area contributed by atoms with Crippen LogP contribution in [-0.4, -0.2) is 41.5 Å². The lowest BCUT2D eigenvalue weighted by Crippen LogP contribution is -2.38. The molecule has 7 heteroatoms. The van der Waals surface area contributed by atoms with E-state index in [2.05, 4.69) is 15.5 Å². The fraction of sp³-hybridized carbons (Fsp3) is 0.786. The van der Waals surface area contributed by atoms with E-state index in [1.165, 1.54) is 0 Å². The number of H-pyrrole nitrogens is 1. The summed E-state index contributed by atoms with van der Waals surface area (Å²) in [6, 6.07) is 0.487. The Morgan fingerprint density at radius 2 is 2.19 bits per heavy atom. The first-order valence-electron chi connectivity index (χ1n) is 7.68. The van der Waals surface area contributed by atoms with Gasteiger partial charge < -0.3 is 5.32 Å². The first-order chi connectivity index (χ1) is 9.89. The number of fused-ring (bicyclic) bond motifs is 2. The summed E-state index contributed by atoms with van der Waals surface area (Å²) >= 11 is 0. The van der Waals surface area contributed by atoms with E-state index in [9.17, 15) is 8.42 Å². The Balaban J connectivity index is 1.89. The normalized spacial score (nSPS) is 26.1. The molecule has 3 rings (SSSR count). The van der Waals surface area contributed by atoms with Gasteiger partial charge in [-0.05, 0) is 32.1 Å². The minimum atomic E-state index is -3.48. The molecule has 0 radical (unpaired) electrons. The third-order valence-corrected chi connectivity index (χ3v) is 6.53. The van der Waals surface area contributed by atoms with Crippen LogP contribution < -0.4 is 5.32 Å². The van der Waals surface area contributed by atoms with Crippen molar-refractivity contribution in [1.29, 1.82) is 0 Å². The van der Waals surface area contributed by atoms with Crippen LogP contribution >= 0.6 is 0 Å². The summed E-state index contributed by atoms with van der Waals surface area (Å²) in [5.41, 5.74) is 1.59. The molecule has 0 aromatic carbocycles. The summed E-state index contributed by atoms with van der Waals surface area (Å²) in [5, 5.41) is 10.4. The average Bonchev–Trinajstić information content (AvgIpc) is 3.11. The molecule has 1 saturated carbocycles. The van der Waals surface area contributed by atoms with Crippen molar-refractivity contribution in [3.8, 4) is 0 Å². The molecule has 2 unspecified atom stereocenters. The second-order valence-electron chi connectivity index (χ2n) is 6.58. The molecule has 2 fully saturated rings. The molecule has 0 amide bonds. The van der Waals surface area contributed by atoms with Crippen molar-refractivity contribution in [2.45, 2.75) is 63.7 Å². The molecule has 2 heterocycles. The highest BCUT2D eigenvalue weighted by molar-refractivity contribution is 7.89. The molecule has 2 atom stereocenters. The number of aromatic nitrogens is 2. The molecule has 1 aliphatic heterocycles. The quantitative estimate of drug-likeness (QED) is 0.861. The smallest absolute Gasteiger partial charge is 0.262 e. The van der Waals surface area contributed by atoms with Gasteiger partial charge >= 0.3 is 0 Å². The summed E-state index contributed by atoms with van der Waals surface area (Å²) in [6.45, 7) is 7.15. The van der Waals surface area contributed by atoms with Gasteiger partial charge in [0, 0.05) is 36.4 Å². The Hall–Kier alpha value is -0.920. The molecule has 118 valence electrons. The van der Waals surface area contributed by atoms with Gasteiger partial charge in [0.15, 0.2) is 5.03 Å². The zero-order valence-electron chi connectivity index (χ0n) is 12.9. The summed E-state index contributed by atoms with van der Waals surface area (Å²) in [7, 11) is -3.48. The highest BCUT2D eigenvalue weighted by Crippen LogP contribution is 2.40. The fourth-order valence-corrected chi connectivity index (χ4v) is 5.35. The van der Waals surface area contributed by atoms with Crippen LogP contribution in [0.5, 0.6) is 0 Å². The Bertz CT molecular complexity index is 623. The maximum atomic E-state index is 12.9. The molecule has 1 aliphatic carbocycles. The highest BCUT2D eigenvalue weighted by Gasteiger charge is 2.45. The second kappa shape index (κ2) is 5.37. The van der Waals surface area contributed by atoms with Gasteiger partial charge in [0.2, 0.25) is 0 Å². The van der Waals surface area contributed by atoms with E-state index in [-0.39, 0.29) is 11.1 Å². The van der Waals surface area contributed by atoms with Crippen LogP contribution in [0.3, 0.4) is 0 Å². The topological polar surface area (TPSA) is 78.1 Å². The molecular formula is C14H24N4O2S.